The molecule has 5 nitrogen and oxygen atoms in total. The molecule has 2 rings (SSSR count). The van der Waals surface area contributed by atoms with Gasteiger partial charge in [-0.3, -0.25) is 4.79 Å². The number of aromatic nitrogens is 1. The second-order valence-electron chi connectivity index (χ2n) is 5.44. The molecule has 20 heavy (non-hydrogen) atoms. The van der Waals surface area contributed by atoms with Crippen molar-refractivity contribution < 1.29 is 14.3 Å². The minimum absolute atomic E-state index is 0.0332. The first-order valence-electron chi connectivity index (χ1n) is 6.98. The van der Waals surface area contributed by atoms with Gasteiger partial charge in [0.2, 0.25) is 0 Å². The first-order chi connectivity index (χ1) is 9.53. The Hall–Kier alpha value is -1.14. The second-order valence-corrected chi connectivity index (χ2v) is 6.28. The summed E-state index contributed by atoms with van der Waals surface area (Å²) in [6, 6.07) is 0. The van der Waals surface area contributed by atoms with Crippen LogP contribution in [-0.2, 0) is 20.7 Å². The van der Waals surface area contributed by atoms with Crippen LogP contribution in [0.3, 0.4) is 0 Å². The van der Waals surface area contributed by atoms with E-state index in [1.807, 2.05) is 12.3 Å². The van der Waals surface area contributed by atoms with E-state index in [9.17, 15) is 4.79 Å². The lowest BCUT2D eigenvalue weighted by atomic mass is 10.0. The van der Waals surface area contributed by atoms with Gasteiger partial charge in [-0.1, -0.05) is 0 Å². The lowest BCUT2D eigenvalue weighted by Crippen LogP contribution is -2.53. The Morgan fingerprint density at radius 2 is 2.40 bits per heavy atom. The predicted octanol–water partition coefficient (Wildman–Crippen LogP) is 2.25. The average Bonchev–Trinajstić information content (AvgIpc) is 2.85. The molecule has 1 aliphatic heterocycles. The molecule has 0 bridgehead atoms. The first-order valence-corrected chi connectivity index (χ1v) is 7.86. The Labute approximate surface area is 123 Å². The smallest absolute Gasteiger partial charge is 0.306 e. The van der Waals surface area contributed by atoms with Crippen LogP contribution in [0.1, 0.15) is 32.9 Å². The number of nitrogens with zero attached hydrogens (tertiary/aromatic N) is 2. The van der Waals surface area contributed by atoms with E-state index in [1.54, 1.807) is 11.3 Å². The summed E-state index contributed by atoms with van der Waals surface area (Å²) in [6.45, 7) is 8.88. The molecule has 1 aromatic rings. The Kier molecular flexibility index (Phi) is 4.99. The molecule has 2 heterocycles. The minimum atomic E-state index is -0.159. The minimum Gasteiger partial charge on any atom is -0.466 e. The zero-order chi connectivity index (χ0) is 14.6. The van der Waals surface area contributed by atoms with Crippen LogP contribution in [0, 0.1) is 0 Å². The summed E-state index contributed by atoms with van der Waals surface area (Å²) in [5, 5.41) is 3.04. The highest BCUT2D eigenvalue weighted by Crippen LogP contribution is 2.30. The van der Waals surface area contributed by atoms with Crippen LogP contribution >= 0.6 is 11.3 Å². The molecule has 0 atom stereocenters. The highest BCUT2D eigenvalue weighted by Gasteiger charge is 2.32. The molecule has 1 aromatic heterocycles. The molecule has 0 N–H and O–H groups in total. The molecular formula is C14H22N2O3S. The van der Waals surface area contributed by atoms with Crippen molar-refractivity contribution in [1.29, 1.82) is 0 Å². The van der Waals surface area contributed by atoms with Gasteiger partial charge in [-0.15, -0.1) is 11.3 Å². The fourth-order valence-electron chi connectivity index (χ4n) is 2.21. The van der Waals surface area contributed by atoms with E-state index in [0.29, 0.717) is 26.1 Å². The number of hydrogen-bond donors (Lipinski definition) is 0. The molecule has 0 amide bonds. The fourth-order valence-corrected chi connectivity index (χ4v) is 3.26. The number of morpholine rings is 1. The summed E-state index contributed by atoms with van der Waals surface area (Å²) in [5.74, 6) is -0.159. The third kappa shape index (κ3) is 3.70. The Morgan fingerprint density at radius 1 is 1.60 bits per heavy atom. The van der Waals surface area contributed by atoms with Crippen LogP contribution in [0.5, 0.6) is 0 Å². The normalized spacial score (nSPS) is 18.1. The molecule has 1 fully saturated rings. The number of aryl methyl sites for hydroxylation is 1. The van der Waals surface area contributed by atoms with E-state index < -0.39 is 0 Å². The maximum Gasteiger partial charge on any atom is 0.306 e. The number of thiazole rings is 1. The zero-order valence-electron chi connectivity index (χ0n) is 12.3. The van der Waals surface area contributed by atoms with Crippen LogP contribution in [-0.4, -0.2) is 42.9 Å². The molecule has 0 saturated carbocycles. The summed E-state index contributed by atoms with van der Waals surface area (Å²) in [6.07, 6.45) is 1.03. The quantitative estimate of drug-likeness (QED) is 0.780. The van der Waals surface area contributed by atoms with Crippen molar-refractivity contribution in [2.45, 2.75) is 39.2 Å². The summed E-state index contributed by atoms with van der Waals surface area (Å²) < 4.78 is 10.5. The van der Waals surface area contributed by atoms with Gasteiger partial charge in [0.1, 0.15) is 0 Å². The molecule has 0 radical (unpaired) electrons. The van der Waals surface area contributed by atoms with E-state index in [0.717, 1.165) is 24.0 Å². The summed E-state index contributed by atoms with van der Waals surface area (Å²) in [4.78, 5) is 18.3. The third-order valence-corrected chi connectivity index (χ3v) is 4.22. The van der Waals surface area contributed by atoms with Crippen LogP contribution in [0.4, 0.5) is 5.13 Å². The molecule has 1 saturated heterocycles. The topological polar surface area (TPSA) is 51.7 Å². The van der Waals surface area contributed by atoms with Crippen molar-refractivity contribution in [2.24, 2.45) is 0 Å². The van der Waals surface area contributed by atoms with Crippen molar-refractivity contribution in [3.05, 3.63) is 11.1 Å². The van der Waals surface area contributed by atoms with Crippen molar-refractivity contribution >= 4 is 22.4 Å². The molecule has 0 spiro atoms. The van der Waals surface area contributed by atoms with Gasteiger partial charge in [-0.25, -0.2) is 4.98 Å². The summed E-state index contributed by atoms with van der Waals surface area (Å²) >= 11 is 1.63. The van der Waals surface area contributed by atoms with E-state index >= 15 is 0 Å². The van der Waals surface area contributed by atoms with Gasteiger partial charge in [-0.05, 0) is 20.8 Å². The number of carbonyl (C=O) groups is 1. The molecular weight excluding hydrogens is 276 g/mol. The Morgan fingerprint density at radius 3 is 3.10 bits per heavy atom. The van der Waals surface area contributed by atoms with Crippen LogP contribution in [0.2, 0.25) is 0 Å². The van der Waals surface area contributed by atoms with Crippen LogP contribution in [0.25, 0.3) is 0 Å². The lowest BCUT2D eigenvalue weighted by Gasteiger charge is -2.42. The number of anilines is 1. The van der Waals surface area contributed by atoms with E-state index in [1.165, 1.54) is 0 Å². The van der Waals surface area contributed by atoms with E-state index in [2.05, 4.69) is 23.7 Å². The standard InChI is InChI=1S/C14H22N2O3S/c1-4-19-12(17)6-5-11-9-20-13(15-11)16-7-8-18-10-14(16,2)3/h9H,4-8,10H2,1-3H3. The molecule has 0 unspecified atom stereocenters. The van der Waals surface area contributed by atoms with Gasteiger partial charge >= 0.3 is 5.97 Å². The highest BCUT2D eigenvalue weighted by molar-refractivity contribution is 7.13. The average molecular weight is 298 g/mol. The predicted molar refractivity (Wildman–Crippen MR) is 79.3 cm³/mol. The Balaban J connectivity index is 1.96. The summed E-state index contributed by atoms with van der Waals surface area (Å²) in [7, 11) is 0. The molecule has 0 aliphatic carbocycles. The highest BCUT2D eigenvalue weighted by atomic mass is 32.1. The molecule has 1 aliphatic rings. The lowest BCUT2D eigenvalue weighted by molar-refractivity contribution is -0.143. The van der Waals surface area contributed by atoms with Gasteiger partial charge in [0.25, 0.3) is 0 Å². The monoisotopic (exact) mass is 298 g/mol. The molecule has 6 heteroatoms. The van der Waals surface area contributed by atoms with Crippen molar-refractivity contribution in [3.63, 3.8) is 0 Å². The SMILES string of the molecule is CCOC(=O)CCc1csc(N2CCOCC2(C)C)n1. The Bertz CT molecular complexity index is 459. The van der Waals surface area contributed by atoms with Gasteiger partial charge in [0.15, 0.2) is 5.13 Å². The maximum absolute atomic E-state index is 11.4. The van der Waals surface area contributed by atoms with E-state index in [-0.39, 0.29) is 11.5 Å². The number of esters is 1. The third-order valence-electron chi connectivity index (χ3n) is 3.31. The van der Waals surface area contributed by atoms with Crippen LogP contribution in [0.15, 0.2) is 5.38 Å². The van der Waals surface area contributed by atoms with Gasteiger partial charge in [-0.2, -0.15) is 0 Å². The number of hydrogen-bond acceptors (Lipinski definition) is 6. The van der Waals surface area contributed by atoms with Gasteiger partial charge in [0.05, 0.1) is 37.5 Å². The van der Waals surface area contributed by atoms with Gasteiger partial charge in [0, 0.05) is 18.3 Å². The number of carbonyl (C=O) groups excluding carboxylic acids is 1. The molecule has 0 aromatic carbocycles. The van der Waals surface area contributed by atoms with Crippen molar-refractivity contribution in [2.75, 3.05) is 31.3 Å². The first kappa shape index (κ1) is 15.3. The maximum atomic E-state index is 11.4. The van der Waals surface area contributed by atoms with Crippen molar-refractivity contribution in [3.8, 4) is 0 Å². The molecule has 112 valence electrons. The largest absolute Gasteiger partial charge is 0.466 e. The number of rotatable bonds is 5. The van der Waals surface area contributed by atoms with Crippen molar-refractivity contribution in [1.82, 2.24) is 4.98 Å². The second kappa shape index (κ2) is 6.54. The summed E-state index contributed by atoms with van der Waals surface area (Å²) in [5.41, 5.74) is 0.925. The van der Waals surface area contributed by atoms with Gasteiger partial charge < -0.3 is 14.4 Å². The van der Waals surface area contributed by atoms with Crippen LogP contribution < -0.4 is 4.90 Å². The number of ether oxygens (including phenoxy) is 2. The zero-order valence-corrected chi connectivity index (χ0v) is 13.2. The van der Waals surface area contributed by atoms with E-state index in [4.69, 9.17) is 9.47 Å². The fraction of sp³-hybridized carbons (Fsp3) is 0.714.